The van der Waals surface area contributed by atoms with Gasteiger partial charge in [0.05, 0.1) is 12.2 Å². The van der Waals surface area contributed by atoms with Crippen LogP contribution >= 0.6 is 0 Å². The first-order valence-electron chi connectivity index (χ1n) is 9.28. The van der Waals surface area contributed by atoms with Crippen molar-refractivity contribution in [1.29, 1.82) is 0 Å². The van der Waals surface area contributed by atoms with Crippen molar-refractivity contribution in [2.24, 2.45) is 0 Å². The molecule has 0 bridgehead atoms. The zero-order chi connectivity index (χ0) is 23.2. The van der Waals surface area contributed by atoms with Crippen LogP contribution in [0.25, 0.3) is 0 Å². The van der Waals surface area contributed by atoms with Gasteiger partial charge in [-0.2, -0.15) is 0 Å². The molecule has 0 aromatic heterocycles. The first-order valence-corrected chi connectivity index (χ1v) is 10.7. The van der Waals surface area contributed by atoms with Crippen LogP contribution in [0.15, 0.2) is 41.3 Å². The van der Waals surface area contributed by atoms with Gasteiger partial charge in [0.2, 0.25) is 15.9 Å². The Morgan fingerprint density at radius 3 is 2.42 bits per heavy atom. The van der Waals surface area contributed by atoms with Crippen molar-refractivity contribution < 1.29 is 31.5 Å². The Balaban J connectivity index is 2.02. The Hall–Kier alpha value is -3.05. The molecule has 0 saturated carbocycles. The molecule has 0 saturated heterocycles. The number of nitrogens with one attached hydrogen (secondary N) is 2. The largest absolute Gasteiger partial charge is 0.492 e. The number of sulfonamides is 1. The normalized spacial score (nSPS) is 11.3. The van der Waals surface area contributed by atoms with Crippen molar-refractivity contribution in [2.45, 2.75) is 18.2 Å². The smallest absolute Gasteiger partial charge is 0.254 e. The van der Waals surface area contributed by atoms with Crippen molar-refractivity contribution in [1.82, 2.24) is 9.62 Å². The second kappa shape index (κ2) is 10.3. The highest BCUT2D eigenvalue weighted by Crippen LogP contribution is 2.29. The van der Waals surface area contributed by atoms with E-state index < -0.39 is 33.5 Å². The Kier molecular flexibility index (Phi) is 8.06. The Bertz CT molecular complexity index is 1070. The number of ether oxygens (including phenoxy) is 1. The van der Waals surface area contributed by atoms with Gasteiger partial charge < -0.3 is 15.4 Å². The third-order valence-corrected chi connectivity index (χ3v) is 5.94. The standard InChI is InChI=1S/C20H23F2N3O5S/c1-4-30-17-8-6-14(12-18(17)31(28,29)25(2)3)24-19(26)9-10-23-20(27)15-7-5-13(21)11-16(15)22/h5-8,11-12H,4,9-10H2,1-3H3,(H,23,27)(H,24,26). The van der Waals surface area contributed by atoms with Gasteiger partial charge in [0.1, 0.15) is 22.3 Å². The third-order valence-electron chi connectivity index (χ3n) is 4.10. The number of benzene rings is 2. The number of anilines is 1. The second-order valence-corrected chi connectivity index (χ2v) is 8.68. The van der Waals surface area contributed by atoms with Crippen LogP contribution in [-0.4, -0.2) is 51.8 Å². The molecule has 2 rings (SSSR count). The van der Waals surface area contributed by atoms with Crippen LogP contribution in [0.5, 0.6) is 5.75 Å². The fourth-order valence-corrected chi connectivity index (χ4v) is 3.59. The van der Waals surface area contributed by atoms with E-state index in [1.54, 1.807) is 6.92 Å². The molecule has 2 amide bonds. The topological polar surface area (TPSA) is 105 Å². The van der Waals surface area contributed by atoms with Crippen LogP contribution in [0.3, 0.4) is 0 Å². The van der Waals surface area contributed by atoms with Gasteiger partial charge >= 0.3 is 0 Å². The maximum atomic E-state index is 13.6. The SMILES string of the molecule is CCOc1ccc(NC(=O)CCNC(=O)c2ccc(F)cc2F)cc1S(=O)(=O)N(C)C. The fraction of sp³-hybridized carbons (Fsp3) is 0.300. The molecule has 11 heteroatoms. The van der Waals surface area contributed by atoms with Crippen LogP contribution in [0.2, 0.25) is 0 Å². The molecule has 0 aliphatic heterocycles. The zero-order valence-electron chi connectivity index (χ0n) is 17.2. The molecule has 0 atom stereocenters. The minimum absolute atomic E-state index is 0.0998. The predicted molar refractivity (Wildman–Crippen MR) is 110 cm³/mol. The summed E-state index contributed by atoms with van der Waals surface area (Å²) in [6, 6.07) is 6.76. The lowest BCUT2D eigenvalue weighted by Gasteiger charge is -2.16. The average molecular weight is 455 g/mol. The zero-order valence-corrected chi connectivity index (χ0v) is 18.1. The maximum Gasteiger partial charge on any atom is 0.254 e. The number of halogens is 2. The molecule has 2 N–H and O–H groups in total. The maximum absolute atomic E-state index is 13.6. The number of hydrogen-bond acceptors (Lipinski definition) is 5. The van der Waals surface area contributed by atoms with Gasteiger partial charge in [-0.3, -0.25) is 9.59 Å². The first kappa shape index (κ1) is 24.2. The van der Waals surface area contributed by atoms with Crippen molar-refractivity contribution in [2.75, 3.05) is 32.6 Å². The van der Waals surface area contributed by atoms with Crippen molar-refractivity contribution >= 4 is 27.5 Å². The molecule has 0 spiro atoms. The van der Waals surface area contributed by atoms with Crippen LogP contribution in [-0.2, 0) is 14.8 Å². The number of hydrogen-bond donors (Lipinski definition) is 2. The predicted octanol–water partition coefficient (Wildman–Crippen LogP) is 2.37. The van der Waals surface area contributed by atoms with Gasteiger partial charge in [0.15, 0.2) is 0 Å². The van der Waals surface area contributed by atoms with E-state index in [4.69, 9.17) is 4.74 Å². The molecule has 0 fully saturated rings. The summed E-state index contributed by atoms with van der Waals surface area (Å²) in [7, 11) is -1.06. The van der Waals surface area contributed by atoms with Crippen LogP contribution in [0, 0.1) is 11.6 Å². The van der Waals surface area contributed by atoms with Crippen LogP contribution in [0.1, 0.15) is 23.7 Å². The molecular formula is C20H23F2N3O5S. The molecule has 31 heavy (non-hydrogen) atoms. The van der Waals surface area contributed by atoms with E-state index in [9.17, 15) is 26.8 Å². The van der Waals surface area contributed by atoms with Gasteiger partial charge in [-0.05, 0) is 37.3 Å². The van der Waals surface area contributed by atoms with Gasteiger partial charge in [-0.25, -0.2) is 21.5 Å². The van der Waals surface area contributed by atoms with E-state index in [0.717, 1.165) is 16.4 Å². The van der Waals surface area contributed by atoms with Crippen LogP contribution < -0.4 is 15.4 Å². The van der Waals surface area contributed by atoms with E-state index in [0.29, 0.717) is 6.07 Å². The molecule has 0 radical (unpaired) electrons. The van der Waals surface area contributed by atoms with E-state index in [1.165, 1.54) is 32.3 Å². The molecule has 0 aliphatic rings. The van der Waals surface area contributed by atoms with Crippen molar-refractivity contribution in [3.63, 3.8) is 0 Å². The van der Waals surface area contributed by atoms with Gasteiger partial charge in [-0.1, -0.05) is 0 Å². The lowest BCUT2D eigenvalue weighted by molar-refractivity contribution is -0.116. The van der Waals surface area contributed by atoms with Gasteiger partial charge in [0.25, 0.3) is 5.91 Å². The Labute approximate surface area is 179 Å². The quantitative estimate of drug-likeness (QED) is 0.604. The van der Waals surface area contributed by atoms with Crippen molar-refractivity contribution in [3.05, 3.63) is 53.6 Å². The van der Waals surface area contributed by atoms with Crippen LogP contribution in [0.4, 0.5) is 14.5 Å². The highest BCUT2D eigenvalue weighted by molar-refractivity contribution is 7.89. The summed E-state index contributed by atoms with van der Waals surface area (Å²) < 4.78 is 58.0. The summed E-state index contributed by atoms with van der Waals surface area (Å²) in [6.07, 6.45) is -0.155. The number of nitrogens with zero attached hydrogens (tertiary/aromatic N) is 1. The summed E-state index contributed by atoms with van der Waals surface area (Å²) in [5, 5.41) is 4.91. The van der Waals surface area contributed by atoms with Crippen molar-refractivity contribution in [3.8, 4) is 5.75 Å². The lowest BCUT2D eigenvalue weighted by Crippen LogP contribution is -2.28. The Morgan fingerprint density at radius 2 is 1.81 bits per heavy atom. The molecule has 2 aromatic carbocycles. The summed E-state index contributed by atoms with van der Waals surface area (Å²) in [6.45, 7) is 1.87. The molecular weight excluding hydrogens is 432 g/mol. The summed E-state index contributed by atoms with van der Waals surface area (Å²) in [5.74, 6) is -2.95. The fourth-order valence-electron chi connectivity index (χ4n) is 2.54. The minimum Gasteiger partial charge on any atom is -0.492 e. The number of rotatable bonds is 9. The number of amides is 2. The third kappa shape index (κ3) is 6.22. The monoisotopic (exact) mass is 455 g/mol. The van der Waals surface area contributed by atoms with Gasteiger partial charge in [0, 0.05) is 38.8 Å². The molecule has 168 valence electrons. The average Bonchev–Trinajstić information content (AvgIpc) is 2.69. The number of carbonyl (C=O) groups is 2. The molecule has 0 aliphatic carbocycles. The van der Waals surface area contributed by atoms with E-state index in [1.807, 2.05) is 0 Å². The first-order chi connectivity index (χ1) is 14.6. The molecule has 8 nitrogen and oxygen atoms in total. The molecule has 2 aromatic rings. The van der Waals surface area contributed by atoms with Gasteiger partial charge in [-0.15, -0.1) is 0 Å². The number of carbonyl (C=O) groups excluding carboxylic acids is 2. The molecule has 0 unspecified atom stereocenters. The highest BCUT2D eigenvalue weighted by atomic mass is 32.2. The Morgan fingerprint density at radius 1 is 1.10 bits per heavy atom. The van der Waals surface area contributed by atoms with E-state index in [-0.39, 0.29) is 41.5 Å². The highest BCUT2D eigenvalue weighted by Gasteiger charge is 2.23. The second-order valence-electron chi connectivity index (χ2n) is 6.56. The van der Waals surface area contributed by atoms with E-state index in [2.05, 4.69) is 10.6 Å². The summed E-state index contributed by atoms with van der Waals surface area (Å²) >= 11 is 0. The molecule has 0 heterocycles. The summed E-state index contributed by atoms with van der Waals surface area (Å²) in [4.78, 5) is 24.0. The minimum atomic E-state index is -3.82. The van der Waals surface area contributed by atoms with E-state index >= 15 is 0 Å². The lowest BCUT2D eigenvalue weighted by atomic mass is 10.2. The summed E-state index contributed by atoms with van der Waals surface area (Å²) in [5.41, 5.74) is -0.114.